The van der Waals surface area contributed by atoms with Gasteiger partial charge in [-0.25, -0.2) is 0 Å². The molecule has 1 amide bonds. The molecule has 2 aromatic carbocycles. The predicted molar refractivity (Wildman–Crippen MR) is 112 cm³/mol. The van der Waals surface area contributed by atoms with Crippen molar-refractivity contribution in [3.63, 3.8) is 0 Å². The normalized spacial score (nSPS) is 16.4. The van der Waals surface area contributed by atoms with Crippen molar-refractivity contribution >= 4 is 28.7 Å². The van der Waals surface area contributed by atoms with Crippen molar-refractivity contribution in [3.05, 3.63) is 67.8 Å². The zero-order valence-corrected chi connectivity index (χ0v) is 16.6. The molecule has 2 aromatic rings. The number of carbonyl (C=O) groups is 1. The van der Waals surface area contributed by atoms with E-state index in [1.807, 2.05) is 4.90 Å². The molecule has 1 fully saturated rings. The van der Waals surface area contributed by atoms with E-state index in [0.717, 1.165) is 31.5 Å². The minimum Gasteiger partial charge on any atom is -0.366 e. The number of nitro groups is 2. The molecule has 4 rings (SSSR count). The van der Waals surface area contributed by atoms with Crippen LogP contribution >= 0.6 is 0 Å². The fraction of sp³-hybridized carbons (Fsp3) is 0.381. The Labute approximate surface area is 173 Å². The van der Waals surface area contributed by atoms with Crippen LogP contribution in [0.2, 0.25) is 0 Å². The molecule has 0 radical (unpaired) electrons. The third-order valence-electron chi connectivity index (χ3n) is 5.96. The van der Waals surface area contributed by atoms with Crippen molar-refractivity contribution < 1.29 is 14.6 Å². The number of nitro benzene ring substituents is 2. The van der Waals surface area contributed by atoms with Crippen LogP contribution in [0.4, 0.5) is 22.7 Å². The molecule has 0 atom stereocenters. The Balaban J connectivity index is 1.65. The van der Waals surface area contributed by atoms with Gasteiger partial charge in [-0.3, -0.25) is 25.0 Å². The largest absolute Gasteiger partial charge is 0.366 e. The third kappa shape index (κ3) is 3.58. The number of anilines is 2. The summed E-state index contributed by atoms with van der Waals surface area (Å²) in [7, 11) is 0. The zero-order valence-electron chi connectivity index (χ0n) is 16.6. The van der Waals surface area contributed by atoms with Crippen molar-refractivity contribution in [1.29, 1.82) is 0 Å². The van der Waals surface area contributed by atoms with E-state index in [0.29, 0.717) is 30.3 Å². The van der Waals surface area contributed by atoms with Crippen LogP contribution in [0.3, 0.4) is 0 Å². The highest BCUT2D eigenvalue weighted by Crippen LogP contribution is 2.35. The molecular weight excluding hydrogens is 388 g/mol. The summed E-state index contributed by atoms with van der Waals surface area (Å²) in [4.78, 5) is 38.4. The Morgan fingerprint density at radius 1 is 0.967 bits per heavy atom. The number of non-ortho nitro benzene ring substituents is 1. The van der Waals surface area contributed by atoms with E-state index in [-0.39, 0.29) is 16.9 Å². The molecule has 0 N–H and O–H groups in total. The first-order valence-corrected chi connectivity index (χ1v) is 9.97. The van der Waals surface area contributed by atoms with Gasteiger partial charge in [0, 0.05) is 43.4 Å². The standard InChI is InChI=1S/C21H22N4O5/c1-14-6-9-22(10-7-14)18-5-3-16(12-20(18)25(29)30)21(26)23-11-8-15-2-4-17(24(27)28)13-19(15)23/h2-5,12-14H,6-11H2,1H3. The lowest BCUT2D eigenvalue weighted by molar-refractivity contribution is -0.384. The first-order chi connectivity index (χ1) is 14.3. The molecule has 0 spiro atoms. The molecule has 0 unspecified atom stereocenters. The summed E-state index contributed by atoms with van der Waals surface area (Å²) in [5.74, 6) is 0.205. The van der Waals surface area contributed by atoms with Gasteiger partial charge in [-0.1, -0.05) is 13.0 Å². The molecule has 2 aliphatic heterocycles. The highest BCUT2D eigenvalue weighted by atomic mass is 16.6. The number of nitrogens with zero attached hydrogens (tertiary/aromatic N) is 4. The quantitative estimate of drug-likeness (QED) is 0.558. The lowest BCUT2D eigenvalue weighted by Crippen LogP contribution is -2.33. The fourth-order valence-electron chi connectivity index (χ4n) is 4.17. The molecule has 2 aliphatic rings. The van der Waals surface area contributed by atoms with Gasteiger partial charge < -0.3 is 9.80 Å². The van der Waals surface area contributed by atoms with Crippen LogP contribution in [0, 0.1) is 26.1 Å². The number of rotatable bonds is 4. The van der Waals surface area contributed by atoms with Gasteiger partial charge in [0.25, 0.3) is 17.3 Å². The monoisotopic (exact) mass is 410 g/mol. The summed E-state index contributed by atoms with van der Waals surface area (Å²) in [6.07, 6.45) is 2.54. The number of piperidine rings is 1. The average molecular weight is 410 g/mol. The minimum absolute atomic E-state index is 0.0888. The molecule has 0 saturated carbocycles. The van der Waals surface area contributed by atoms with E-state index < -0.39 is 15.8 Å². The van der Waals surface area contributed by atoms with E-state index >= 15 is 0 Å². The topological polar surface area (TPSA) is 110 Å². The summed E-state index contributed by atoms with van der Waals surface area (Å²) in [5.41, 5.74) is 1.90. The van der Waals surface area contributed by atoms with Gasteiger partial charge in [-0.2, -0.15) is 0 Å². The van der Waals surface area contributed by atoms with E-state index in [9.17, 15) is 25.0 Å². The van der Waals surface area contributed by atoms with Crippen molar-refractivity contribution in [2.75, 3.05) is 29.4 Å². The van der Waals surface area contributed by atoms with Gasteiger partial charge in [0.15, 0.2) is 0 Å². The number of benzene rings is 2. The van der Waals surface area contributed by atoms with E-state index in [4.69, 9.17) is 0 Å². The maximum absolute atomic E-state index is 13.1. The smallest absolute Gasteiger partial charge is 0.293 e. The Morgan fingerprint density at radius 2 is 1.70 bits per heavy atom. The average Bonchev–Trinajstić information content (AvgIpc) is 3.16. The maximum Gasteiger partial charge on any atom is 0.293 e. The van der Waals surface area contributed by atoms with Crippen LogP contribution in [0.1, 0.15) is 35.7 Å². The van der Waals surface area contributed by atoms with Crippen LogP contribution in [-0.4, -0.2) is 35.4 Å². The lowest BCUT2D eigenvalue weighted by atomic mass is 9.98. The van der Waals surface area contributed by atoms with E-state index in [1.165, 1.54) is 23.1 Å². The summed E-state index contributed by atoms with van der Waals surface area (Å²) in [6.45, 7) is 4.05. The molecule has 156 valence electrons. The van der Waals surface area contributed by atoms with Crippen LogP contribution in [0.5, 0.6) is 0 Å². The third-order valence-corrected chi connectivity index (χ3v) is 5.96. The van der Waals surface area contributed by atoms with Gasteiger partial charge in [-0.05, 0) is 42.9 Å². The molecule has 9 nitrogen and oxygen atoms in total. The molecule has 0 bridgehead atoms. The SMILES string of the molecule is CC1CCN(c2ccc(C(=O)N3CCc4ccc([N+](=O)[O-])cc43)cc2[N+](=O)[O-])CC1. The van der Waals surface area contributed by atoms with Gasteiger partial charge in [0.05, 0.1) is 15.5 Å². The first kappa shape index (κ1) is 19.8. The van der Waals surface area contributed by atoms with Crippen LogP contribution < -0.4 is 9.80 Å². The maximum atomic E-state index is 13.1. The van der Waals surface area contributed by atoms with Gasteiger partial charge in [0.1, 0.15) is 5.69 Å². The molecule has 1 saturated heterocycles. The first-order valence-electron chi connectivity index (χ1n) is 9.97. The van der Waals surface area contributed by atoms with E-state index in [2.05, 4.69) is 6.92 Å². The van der Waals surface area contributed by atoms with Crippen LogP contribution in [-0.2, 0) is 6.42 Å². The van der Waals surface area contributed by atoms with Crippen molar-refractivity contribution in [2.24, 2.45) is 5.92 Å². The van der Waals surface area contributed by atoms with Crippen LogP contribution in [0.25, 0.3) is 0 Å². The van der Waals surface area contributed by atoms with E-state index in [1.54, 1.807) is 18.2 Å². The van der Waals surface area contributed by atoms with Crippen molar-refractivity contribution in [3.8, 4) is 0 Å². The highest BCUT2D eigenvalue weighted by molar-refractivity contribution is 6.08. The molecule has 2 heterocycles. The summed E-state index contributed by atoms with van der Waals surface area (Å²) < 4.78 is 0. The second kappa shape index (κ2) is 7.74. The number of hydrogen-bond donors (Lipinski definition) is 0. The molecule has 30 heavy (non-hydrogen) atoms. The second-order valence-corrected chi connectivity index (χ2v) is 7.91. The molecule has 0 aromatic heterocycles. The Hall–Kier alpha value is -3.49. The van der Waals surface area contributed by atoms with Gasteiger partial charge in [-0.15, -0.1) is 0 Å². The van der Waals surface area contributed by atoms with Gasteiger partial charge in [0.2, 0.25) is 0 Å². The molecule has 9 heteroatoms. The summed E-state index contributed by atoms with van der Waals surface area (Å²) >= 11 is 0. The number of carbonyl (C=O) groups excluding carboxylic acids is 1. The lowest BCUT2D eigenvalue weighted by Gasteiger charge is -2.31. The van der Waals surface area contributed by atoms with Crippen LogP contribution in [0.15, 0.2) is 36.4 Å². The summed E-state index contributed by atoms with van der Waals surface area (Å²) in [6, 6.07) is 9.04. The van der Waals surface area contributed by atoms with Gasteiger partial charge >= 0.3 is 0 Å². The zero-order chi connectivity index (χ0) is 21.4. The predicted octanol–water partition coefficient (Wildman–Crippen LogP) is 3.94. The highest BCUT2D eigenvalue weighted by Gasteiger charge is 2.30. The molecule has 0 aliphatic carbocycles. The second-order valence-electron chi connectivity index (χ2n) is 7.91. The van der Waals surface area contributed by atoms with Crippen molar-refractivity contribution in [1.82, 2.24) is 0 Å². The number of hydrogen-bond acceptors (Lipinski definition) is 6. The minimum atomic E-state index is -0.500. The fourth-order valence-corrected chi connectivity index (χ4v) is 4.17. The number of fused-ring (bicyclic) bond motifs is 1. The van der Waals surface area contributed by atoms with Crippen molar-refractivity contribution in [2.45, 2.75) is 26.2 Å². The Morgan fingerprint density at radius 3 is 2.37 bits per heavy atom. The molecular formula is C21H22N4O5. The Kier molecular flexibility index (Phi) is 5.11. The summed E-state index contributed by atoms with van der Waals surface area (Å²) in [5, 5.41) is 22.8. The Bertz CT molecular complexity index is 1030. The number of amides is 1.